The average Bonchev–Trinajstić information content (AvgIpc) is 2.75. The fourth-order valence-corrected chi connectivity index (χ4v) is 3.78. The molecule has 1 N–H and O–H groups in total. The number of hydrogen-bond donors (Lipinski definition) is 1. The van der Waals surface area contributed by atoms with Gasteiger partial charge in [-0.3, -0.25) is 0 Å². The fourth-order valence-electron chi connectivity index (χ4n) is 3.78. The van der Waals surface area contributed by atoms with Gasteiger partial charge in [0.15, 0.2) is 6.10 Å². The fraction of sp³-hybridized carbons (Fsp3) is 0.682. The first-order chi connectivity index (χ1) is 13.3. The Bertz CT molecular complexity index is 573. The molecule has 1 rings (SSSR count). The molecule has 28 heavy (non-hydrogen) atoms. The van der Waals surface area contributed by atoms with Crippen LogP contribution >= 0.6 is 0 Å². The number of aliphatic hydroxyl groups is 1. The summed E-state index contributed by atoms with van der Waals surface area (Å²) in [5, 5.41) is 11.3. The van der Waals surface area contributed by atoms with Gasteiger partial charge in [-0.15, -0.1) is 0 Å². The molecule has 1 aromatic rings. The summed E-state index contributed by atoms with van der Waals surface area (Å²) < 4.78 is 22.5. The molecule has 0 heterocycles. The summed E-state index contributed by atoms with van der Waals surface area (Å²) in [6.07, 6.45) is 0.363. The van der Waals surface area contributed by atoms with Crippen LogP contribution in [0.25, 0.3) is 0 Å². The second-order valence-electron chi connectivity index (χ2n) is 6.95. The van der Waals surface area contributed by atoms with E-state index in [1.54, 1.807) is 45.6 Å². The zero-order chi connectivity index (χ0) is 21.4. The molecule has 0 amide bonds. The first kappa shape index (κ1) is 24.4. The zero-order valence-corrected chi connectivity index (χ0v) is 18.3. The van der Waals surface area contributed by atoms with E-state index in [0.29, 0.717) is 37.0 Å². The maximum absolute atomic E-state index is 12.9. The standard InChI is InChI=1S/C22H36O6/c1-8-21(9-2,26-6)18(23)19(22(10-3,11-4)27-7)28-20(24)16-12-14-17(25-5)15-13-16/h12-15,18-19,23H,8-11H2,1-7H3/t18-,19-/m1/s1. The van der Waals surface area contributed by atoms with Crippen LogP contribution in [0.4, 0.5) is 0 Å². The molecule has 1 aromatic carbocycles. The van der Waals surface area contributed by atoms with E-state index in [1.165, 1.54) is 0 Å². The van der Waals surface area contributed by atoms with Crippen LogP contribution in [0, 0.1) is 0 Å². The Balaban J connectivity index is 3.31. The third-order valence-electron chi connectivity index (χ3n) is 6.11. The Kier molecular flexibility index (Phi) is 9.40. The number of ether oxygens (including phenoxy) is 4. The summed E-state index contributed by atoms with van der Waals surface area (Å²) in [7, 11) is 4.72. The van der Waals surface area contributed by atoms with E-state index in [0.717, 1.165) is 0 Å². The van der Waals surface area contributed by atoms with Crippen molar-refractivity contribution in [1.29, 1.82) is 0 Å². The lowest BCUT2D eigenvalue weighted by molar-refractivity contribution is -0.206. The number of hydrogen-bond acceptors (Lipinski definition) is 6. The Morgan fingerprint density at radius 3 is 1.71 bits per heavy atom. The number of aliphatic hydroxyl groups excluding tert-OH is 1. The van der Waals surface area contributed by atoms with Gasteiger partial charge in [0.1, 0.15) is 17.5 Å². The largest absolute Gasteiger partial charge is 0.497 e. The average molecular weight is 397 g/mol. The normalized spacial score (nSPS) is 14.4. The third kappa shape index (κ3) is 4.85. The van der Waals surface area contributed by atoms with E-state index in [1.807, 2.05) is 27.7 Å². The van der Waals surface area contributed by atoms with Crippen molar-refractivity contribution >= 4 is 5.97 Å². The topological polar surface area (TPSA) is 74.2 Å². The molecule has 0 aliphatic carbocycles. The van der Waals surface area contributed by atoms with Crippen LogP contribution in [0.5, 0.6) is 5.75 Å². The summed E-state index contributed by atoms with van der Waals surface area (Å²) in [6.45, 7) is 7.82. The highest BCUT2D eigenvalue weighted by molar-refractivity contribution is 5.89. The molecule has 0 saturated heterocycles. The number of methoxy groups -OCH3 is 3. The summed E-state index contributed by atoms with van der Waals surface area (Å²) in [4.78, 5) is 12.9. The van der Waals surface area contributed by atoms with Crippen LogP contribution in [0.1, 0.15) is 63.7 Å². The Morgan fingerprint density at radius 1 is 0.893 bits per heavy atom. The first-order valence-electron chi connectivity index (χ1n) is 9.96. The van der Waals surface area contributed by atoms with Gasteiger partial charge < -0.3 is 24.1 Å². The van der Waals surface area contributed by atoms with Crippen LogP contribution in [0.15, 0.2) is 24.3 Å². The lowest BCUT2D eigenvalue weighted by Crippen LogP contribution is -2.60. The van der Waals surface area contributed by atoms with E-state index in [4.69, 9.17) is 18.9 Å². The van der Waals surface area contributed by atoms with Crippen LogP contribution in [-0.2, 0) is 14.2 Å². The predicted molar refractivity (Wildman–Crippen MR) is 109 cm³/mol. The van der Waals surface area contributed by atoms with Gasteiger partial charge in [0.25, 0.3) is 0 Å². The van der Waals surface area contributed by atoms with Gasteiger partial charge in [0, 0.05) is 14.2 Å². The molecule has 0 aromatic heterocycles. The van der Waals surface area contributed by atoms with E-state index in [9.17, 15) is 9.90 Å². The Hall–Kier alpha value is -1.63. The summed E-state index contributed by atoms with van der Waals surface area (Å²) in [6, 6.07) is 6.67. The number of benzene rings is 1. The van der Waals surface area contributed by atoms with Crippen molar-refractivity contribution in [2.75, 3.05) is 21.3 Å². The van der Waals surface area contributed by atoms with Crippen molar-refractivity contribution < 1.29 is 28.8 Å². The Morgan fingerprint density at radius 2 is 1.36 bits per heavy atom. The molecule has 160 valence electrons. The molecule has 6 heteroatoms. The van der Waals surface area contributed by atoms with Crippen LogP contribution in [0.2, 0.25) is 0 Å². The highest BCUT2D eigenvalue weighted by Gasteiger charge is 2.51. The smallest absolute Gasteiger partial charge is 0.338 e. The van der Waals surface area contributed by atoms with Crippen molar-refractivity contribution in [3.63, 3.8) is 0 Å². The minimum absolute atomic E-state index is 0.381. The SMILES string of the molecule is CCC(CC)(OC)[C@H](O)[C@@H](OC(=O)c1ccc(OC)cc1)C(CC)(CC)OC. The van der Waals surface area contributed by atoms with Crippen molar-refractivity contribution in [3.8, 4) is 5.75 Å². The van der Waals surface area contributed by atoms with Crippen LogP contribution < -0.4 is 4.74 Å². The minimum atomic E-state index is -1.05. The van der Waals surface area contributed by atoms with Crippen molar-refractivity contribution in [1.82, 2.24) is 0 Å². The maximum atomic E-state index is 12.9. The van der Waals surface area contributed by atoms with Gasteiger partial charge in [-0.25, -0.2) is 4.79 Å². The monoisotopic (exact) mass is 396 g/mol. The zero-order valence-electron chi connectivity index (χ0n) is 18.3. The molecule has 0 bridgehead atoms. The summed E-state index contributed by atoms with van der Waals surface area (Å²) >= 11 is 0. The number of rotatable bonds is 12. The van der Waals surface area contributed by atoms with Gasteiger partial charge in [-0.05, 0) is 49.9 Å². The van der Waals surface area contributed by atoms with Gasteiger partial charge in [0.05, 0.1) is 18.3 Å². The van der Waals surface area contributed by atoms with Crippen molar-refractivity contribution in [3.05, 3.63) is 29.8 Å². The third-order valence-corrected chi connectivity index (χ3v) is 6.11. The van der Waals surface area contributed by atoms with Crippen molar-refractivity contribution in [2.45, 2.75) is 76.8 Å². The van der Waals surface area contributed by atoms with Gasteiger partial charge in [-0.1, -0.05) is 27.7 Å². The Labute approximate surface area is 169 Å². The first-order valence-corrected chi connectivity index (χ1v) is 9.96. The minimum Gasteiger partial charge on any atom is -0.497 e. The van der Waals surface area contributed by atoms with E-state index >= 15 is 0 Å². The molecule has 0 unspecified atom stereocenters. The molecule has 6 nitrogen and oxygen atoms in total. The predicted octanol–water partition coefficient (Wildman–Crippen LogP) is 3.99. The van der Waals surface area contributed by atoms with E-state index < -0.39 is 29.4 Å². The molecular weight excluding hydrogens is 360 g/mol. The molecule has 0 saturated carbocycles. The number of esters is 1. The van der Waals surface area contributed by atoms with Gasteiger partial charge in [0.2, 0.25) is 0 Å². The van der Waals surface area contributed by atoms with Crippen LogP contribution in [-0.4, -0.2) is 55.8 Å². The quantitative estimate of drug-likeness (QED) is 0.539. The molecule has 0 aliphatic heterocycles. The lowest BCUT2D eigenvalue weighted by Gasteiger charge is -2.46. The molecule has 0 radical (unpaired) electrons. The van der Waals surface area contributed by atoms with Gasteiger partial charge >= 0.3 is 5.97 Å². The maximum Gasteiger partial charge on any atom is 0.338 e. The summed E-state index contributed by atoms with van der Waals surface area (Å²) in [5.74, 6) is 0.129. The second-order valence-corrected chi connectivity index (χ2v) is 6.95. The molecule has 0 fully saturated rings. The number of carbonyl (C=O) groups excluding carboxylic acids is 1. The summed E-state index contributed by atoms with van der Waals surface area (Å²) in [5.41, 5.74) is -1.28. The molecule has 0 aliphatic rings. The molecular formula is C22H36O6. The molecule has 0 spiro atoms. The van der Waals surface area contributed by atoms with Crippen molar-refractivity contribution in [2.24, 2.45) is 0 Å². The van der Waals surface area contributed by atoms with E-state index in [2.05, 4.69) is 0 Å². The second kappa shape index (κ2) is 10.8. The number of carbonyl (C=O) groups is 1. The highest BCUT2D eigenvalue weighted by Crippen LogP contribution is 2.36. The lowest BCUT2D eigenvalue weighted by atomic mass is 9.78. The molecule has 2 atom stereocenters. The van der Waals surface area contributed by atoms with E-state index in [-0.39, 0.29) is 0 Å². The van der Waals surface area contributed by atoms with Crippen LogP contribution in [0.3, 0.4) is 0 Å². The van der Waals surface area contributed by atoms with Gasteiger partial charge in [-0.2, -0.15) is 0 Å². The highest BCUT2D eigenvalue weighted by atomic mass is 16.6.